The highest BCUT2D eigenvalue weighted by atomic mass is 32.2. The van der Waals surface area contributed by atoms with Gasteiger partial charge in [-0.25, -0.2) is 17.9 Å². The standard InChI is InChI=1S/C19H30N2O4S/c1-15(2)14-21-26(23,24)13-11-17-9-7-6-8-16(17)10-12-20-18(22)25-19(3,4)5/h6-9,11,13,15,21H,10,12,14H2,1-5H3,(H,20,22)/b13-11+. The van der Waals surface area contributed by atoms with Gasteiger partial charge in [-0.2, -0.15) is 0 Å². The van der Waals surface area contributed by atoms with Crippen molar-refractivity contribution in [2.45, 2.75) is 46.6 Å². The van der Waals surface area contributed by atoms with Crippen LogP contribution in [0.4, 0.5) is 4.79 Å². The summed E-state index contributed by atoms with van der Waals surface area (Å²) in [6, 6.07) is 7.48. The van der Waals surface area contributed by atoms with Gasteiger partial charge in [0.05, 0.1) is 0 Å². The Morgan fingerprint density at radius 2 is 1.88 bits per heavy atom. The zero-order valence-electron chi connectivity index (χ0n) is 16.2. The first-order valence-electron chi connectivity index (χ1n) is 8.71. The Kier molecular flexibility index (Phi) is 8.30. The summed E-state index contributed by atoms with van der Waals surface area (Å²) in [6.45, 7) is 10.1. The fraction of sp³-hybridized carbons (Fsp3) is 0.526. The van der Waals surface area contributed by atoms with Crippen molar-refractivity contribution in [1.82, 2.24) is 10.0 Å². The zero-order valence-corrected chi connectivity index (χ0v) is 17.0. The van der Waals surface area contributed by atoms with E-state index in [1.165, 1.54) is 5.41 Å². The highest BCUT2D eigenvalue weighted by Crippen LogP contribution is 2.12. The van der Waals surface area contributed by atoms with Crippen molar-refractivity contribution < 1.29 is 17.9 Å². The second-order valence-electron chi connectivity index (χ2n) is 7.47. The highest BCUT2D eigenvalue weighted by molar-refractivity contribution is 7.92. The zero-order chi connectivity index (χ0) is 19.8. The SMILES string of the molecule is CC(C)CNS(=O)(=O)/C=C/c1ccccc1CCNC(=O)OC(C)(C)C. The van der Waals surface area contributed by atoms with Crippen LogP contribution in [0.3, 0.4) is 0 Å². The molecule has 1 aromatic carbocycles. The Morgan fingerprint density at radius 1 is 1.23 bits per heavy atom. The number of ether oxygens (including phenoxy) is 1. The van der Waals surface area contributed by atoms with Crippen LogP contribution in [0.25, 0.3) is 6.08 Å². The second-order valence-corrected chi connectivity index (χ2v) is 9.12. The molecular formula is C19H30N2O4S. The van der Waals surface area contributed by atoms with E-state index in [0.717, 1.165) is 11.1 Å². The Hall–Kier alpha value is -1.86. The molecule has 0 unspecified atom stereocenters. The number of carbonyl (C=O) groups is 1. The minimum atomic E-state index is -3.47. The van der Waals surface area contributed by atoms with E-state index in [0.29, 0.717) is 19.5 Å². The lowest BCUT2D eigenvalue weighted by atomic mass is 10.0. The van der Waals surface area contributed by atoms with Gasteiger partial charge in [0.15, 0.2) is 0 Å². The predicted molar refractivity (Wildman–Crippen MR) is 105 cm³/mol. The molecule has 1 rings (SSSR count). The largest absolute Gasteiger partial charge is 0.444 e. The number of alkyl carbamates (subject to hydrolysis) is 1. The smallest absolute Gasteiger partial charge is 0.407 e. The average molecular weight is 383 g/mol. The second kappa shape index (κ2) is 9.73. The van der Waals surface area contributed by atoms with Crippen molar-refractivity contribution in [3.05, 3.63) is 40.8 Å². The predicted octanol–water partition coefficient (Wildman–Crippen LogP) is 3.30. The van der Waals surface area contributed by atoms with Crippen molar-refractivity contribution in [2.24, 2.45) is 5.92 Å². The van der Waals surface area contributed by atoms with Gasteiger partial charge in [0.2, 0.25) is 10.0 Å². The number of rotatable bonds is 8. The number of nitrogens with one attached hydrogen (secondary N) is 2. The van der Waals surface area contributed by atoms with Crippen LogP contribution < -0.4 is 10.0 Å². The number of sulfonamides is 1. The summed E-state index contributed by atoms with van der Waals surface area (Å²) in [5.41, 5.74) is 1.20. The van der Waals surface area contributed by atoms with E-state index in [2.05, 4.69) is 10.0 Å². The fourth-order valence-corrected chi connectivity index (χ4v) is 3.02. The molecule has 0 aliphatic carbocycles. The van der Waals surface area contributed by atoms with Crippen LogP contribution in [-0.4, -0.2) is 33.2 Å². The molecule has 0 aliphatic rings. The van der Waals surface area contributed by atoms with E-state index in [9.17, 15) is 13.2 Å². The molecule has 0 heterocycles. The molecule has 0 saturated heterocycles. The van der Waals surface area contributed by atoms with Crippen molar-refractivity contribution in [3.63, 3.8) is 0 Å². The van der Waals surface area contributed by atoms with Crippen LogP contribution in [0.2, 0.25) is 0 Å². The molecule has 146 valence electrons. The third kappa shape index (κ3) is 9.58. The maximum Gasteiger partial charge on any atom is 0.407 e. The molecule has 0 saturated carbocycles. The lowest BCUT2D eigenvalue weighted by molar-refractivity contribution is 0.0528. The molecule has 0 radical (unpaired) electrons. The lowest BCUT2D eigenvalue weighted by Gasteiger charge is -2.19. The van der Waals surface area contributed by atoms with Gasteiger partial charge < -0.3 is 10.1 Å². The summed E-state index contributed by atoms with van der Waals surface area (Å²) in [4.78, 5) is 11.7. The van der Waals surface area contributed by atoms with Crippen molar-refractivity contribution in [3.8, 4) is 0 Å². The van der Waals surface area contributed by atoms with Crippen LogP contribution in [0.15, 0.2) is 29.7 Å². The average Bonchev–Trinajstić information content (AvgIpc) is 2.50. The maximum absolute atomic E-state index is 12.0. The summed E-state index contributed by atoms with van der Waals surface area (Å²) in [6.07, 6.45) is 1.68. The van der Waals surface area contributed by atoms with Gasteiger partial charge in [0, 0.05) is 18.5 Å². The van der Waals surface area contributed by atoms with E-state index in [1.54, 1.807) is 26.8 Å². The summed E-state index contributed by atoms with van der Waals surface area (Å²) >= 11 is 0. The molecule has 7 heteroatoms. The van der Waals surface area contributed by atoms with Crippen LogP contribution in [0.5, 0.6) is 0 Å². The molecule has 2 N–H and O–H groups in total. The van der Waals surface area contributed by atoms with Gasteiger partial charge >= 0.3 is 6.09 Å². The minimum absolute atomic E-state index is 0.240. The van der Waals surface area contributed by atoms with E-state index >= 15 is 0 Å². The van der Waals surface area contributed by atoms with E-state index < -0.39 is 21.7 Å². The third-order valence-electron chi connectivity index (χ3n) is 3.24. The number of hydrogen-bond acceptors (Lipinski definition) is 4. The van der Waals surface area contributed by atoms with Crippen LogP contribution >= 0.6 is 0 Å². The molecule has 1 aromatic rings. The van der Waals surface area contributed by atoms with E-state index in [4.69, 9.17) is 4.74 Å². The summed E-state index contributed by atoms with van der Waals surface area (Å²) in [5.74, 6) is 0.240. The first-order valence-corrected chi connectivity index (χ1v) is 10.3. The summed E-state index contributed by atoms with van der Waals surface area (Å²) < 4.78 is 31.7. The van der Waals surface area contributed by atoms with Crippen molar-refractivity contribution in [2.75, 3.05) is 13.1 Å². The number of hydrogen-bond donors (Lipinski definition) is 2. The van der Waals surface area contributed by atoms with Gasteiger partial charge in [-0.1, -0.05) is 38.1 Å². The normalized spacial score (nSPS) is 12.5. The first-order chi connectivity index (χ1) is 12.0. The molecule has 0 fully saturated rings. The Balaban J connectivity index is 2.67. The van der Waals surface area contributed by atoms with Gasteiger partial charge in [-0.15, -0.1) is 0 Å². The van der Waals surface area contributed by atoms with Crippen LogP contribution in [0, 0.1) is 5.92 Å². The molecule has 0 bridgehead atoms. The summed E-state index contributed by atoms with van der Waals surface area (Å²) in [7, 11) is -3.47. The Morgan fingerprint density at radius 3 is 2.50 bits per heavy atom. The Bertz CT molecular complexity index is 719. The molecule has 1 amide bonds. The quantitative estimate of drug-likeness (QED) is 0.722. The Labute approximate surface area is 157 Å². The fourth-order valence-electron chi connectivity index (χ4n) is 2.03. The monoisotopic (exact) mass is 382 g/mol. The van der Waals surface area contributed by atoms with Gasteiger partial charge in [-0.3, -0.25) is 0 Å². The van der Waals surface area contributed by atoms with E-state index in [1.807, 2.05) is 38.1 Å². The van der Waals surface area contributed by atoms with Gasteiger partial charge in [0.25, 0.3) is 0 Å². The number of carbonyl (C=O) groups excluding carboxylic acids is 1. The van der Waals surface area contributed by atoms with Crippen LogP contribution in [0.1, 0.15) is 45.7 Å². The highest BCUT2D eigenvalue weighted by Gasteiger charge is 2.15. The molecule has 0 atom stereocenters. The molecule has 0 aromatic heterocycles. The molecule has 0 aliphatic heterocycles. The van der Waals surface area contributed by atoms with Crippen molar-refractivity contribution >= 4 is 22.2 Å². The van der Waals surface area contributed by atoms with Gasteiger partial charge in [0.1, 0.15) is 5.60 Å². The molecular weight excluding hydrogens is 352 g/mol. The first kappa shape index (κ1) is 22.2. The minimum Gasteiger partial charge on any atom is -0.444 e. The third-order valence-corrected chi connectivity index (χ3v) is 4.30. The van der Waals surface area contributed by atoms with E-state index in [-0.39, 0.29) is 5.92 Å². The maximum atomic E-state index is 12.0. The number of amides is 1. The number of benzene rings is 1. The lowest BCUT2D eigenvalue weighted by Crippen LogP contribution is -2.33. The van der Waals surface area contributed by atoms with Crippen LogP contribution in [-0.2, 0) is 21.2 Å². The van der Waals surface area contributed by atoms with Gasteiger partial charge in [-0.05, 0) is 50.3 Å². The molecule has 0 spiro atoms. The topological polar surface area (TPSA) is 84.5 Å². The van der Waals surface area contributed by atoms with Crippen molar-refractivity contribution in [1.29, 1.82) is 0 Å². The molecule has 26 heavy (non-hydrogen) atoms. The summed E-state index contributed by atoms with van der Waals surface area (Å²) in [5, 5.41) is 3.88. The molecule has 6 nitrogen and oxygen atoms in total.